The van der Waals surface area contributed by atoms with Crippen molar-refractivity contribution in [3.63, 3.8) is 0 Å². The number of rotatable bonds is 2. The fourth-order valence-corrected chi connectivity index (χ4v) is 1.66. The van der Waals surface area contributed by atoms with Gasteiger partial charge in [0.25, 0.3) is 0 Å². The third-order valence-electron chi connectivity index (χ3n) is 2.43. The van der Waals surface area contributed by atoms with Crippen LogP contribution in [0.15, 0.2) is 36.4 Å². The molecule has 74 valence electrons. The second-order valence-electron chi connectivity index (χ2n) is 3.80. The van der Waals surface area contributed by atoms with Crippen molar-refractivity contribution in [2.75, 3.05) is 0 Å². The van der Waals surface area contributed by atoms with Gasteiger partial charge < -0.3 is 0 Å². The number of benzene rings is 1. The fourth-order valence-electron chi connectivity index (χ4n) is 1.66. The van der Waals surface area contributed by atoms with E-state index in [9.17, 15) is 0 Å². The Balaban J connectivity index is 3.30. The quantitative estimate of drug-likeness (QED) is 0.605. The third-order valence-corrected chi connectivity index (χ3v) is 2.43. The van der Waals surface area contributed by atoms with E-state index in [4.69, 9.17) is 0 Å². The molecule has 0 heterocycles. The molecule has 0 unspecified atom stereocenters. The third kappa shape index (κ3) is 2.14. The monoisotopic (exact) mass is 186 g/mol. The van der Waals surface area contributed by atoms with E-state index in [0.29, 0.717) is 0 Å². The van der Waals surface area contributed by atoms with E-state index in [1.165, 1.54) is 22.3 Å². The van der Waals surface area contributed by atoms with Gasteiger partial charge in [-0.3, -0.25) is 0 Å². The maximum Gasteiger partial charge on any atom is -0.0153 e. The SMILES string of the molecule is C=C(C)C(=CC)c1cc(C)ccc1C. The van der Waals surface area contributed by atoms with E-state index in [2.05, 4.69) is 58.5 Å². The van der Waals surface area contributed by atoms with E-state index >= 15 is 0 Å². The summed E-state index contributed by atoms with van der Waals surface area (Å²) < 4.78 is 0. The fraction of sp³-hybridized carbons (Fsp3) is 0.286. The van der Waals surface area contributed by atoms with Crippen LogP contribution in [0.1, 0.15) is 30.5 Å². The van der Waals surface area contributed by atoms with Crippen LogP contribution >= 0.6 is 0 Å². The molecule has 0 saturated carbocycles. The van der Waals surface area contributed by atoms with Crippen molar-refractivity contribution >= 4 is 5.57 Å². The zero-order valence-corrected chi connectivity index (χ0v) is 9.52. The van der Waals surface area contributed by atoms with Crippen molar-refractivity contribution in [3.05, 3.63) is 53.1 Å². The highest BCUT2D eigenvalue weighted by molar-refractivity contribution is 5.79. The minimum atomic E-state index is 1.13. The summed E-state index contributed by atoms with van der Waals surface area (Å²) in [6.07, 6.45) is 2.13. The molecule has 0 amide bonds. The first-order chi connectivity index (χ1) is 6.56. The molecule has 0 radical (unpaired) electrons. The maximum absolute atomic E-state index is 4.01. The number of aryl methyl sites for hydroxylation is 2. The van der Waals surface area contributed by atoms with Crippen LogP contribution < -0.4 is 0 Å². The average molecular weight is 186 g/mol. The van der Waals surface area contributed by atoms with E-state index in [1.54, 1.807) is 0 Å². The van der Waals surface area contributed by atoms with Crippen molar-refractivity contribution in [1.29, 1.82) is 0 Å². The Kier molecular flexibility index (Phi) is 3.29. The van der Waals surface area contributed by atoms with E-state index in [1.807, 2.05) is 0 Å². The minimum Gasteiger partial charge on any atom is -0.0955 e. The number of hydrogen-bond donors (Lipinski definition) is 0. The molecule has 0 aliphatic rings. The lowest BCUT2D eigenvalue weighted by atomic mass is 9.94. The van der Waals surface area contributed by atoms with Crippen molar-refractivity contribution < 1.29 is 0 Å². The summed E-state index contributed by atoms with van der Waals surface area (Å²) in [6, 6.07) is 6.53. The highest BCUT2D eigenvalue weighted by atomic mass is 14.1. The second-order valence-corrected chi connectivity index (χ2v) is 3.80. The maximum atomic E-state index is 4.01. The highest BCUT2D eigenvalue weighted by Gasteiger charge is 2.04. The lowest BCUT2D eigenvalue weighted by molar-refractivity contribution is 1.35. The molecule has 0 aliphatic carbocycles. The summed E-state index contributed by atoms with van der Waals surface area (Å²) in [5, 5.41) is 0. The Morgan fingerprint density at radius 2 is 1.93 bits per heavy atom. The normalized spacial score (nSPS) is 11.6. The van der Waals surface area contributed by atoms with Gasteiger partial charge in [-0.15, -0.1) is 0 Å². The molecule has 0 saturated heterocycles. The topological polar surface area (TPSA) is 0 Å². The van der Waals surface area contributed by atoms with Gasteiger partial charge in [-0.25, -0.2) is 0 Å². The van der Waals surface area contributed by atoms with E-state index in [0.717, 1.165) is 5.57 Å². The molecule has 0 aliphatic heterocycles. The highest BCUT2D eigenvalue weighted by Crippen LogP contribution is 2.25. The van der Waals surface area contributed by atoms with Crippen LogP contribution in [0.25, 0.3) is 5.57 Å². The Morgan fingerprint density at radius 1 is 1.29 bits per heavy atom. The molecule has 14 heavy (non-hydrogen) atoms. The molecule has 0 spiro atoms. The van der Waals surface area contributed by atoms with Gasteiger partial charge in [0.05, 0.1) is 0 Å². The molecule has 1 rings (SSSR count). The lowest BCUT2D eigenvalue weighted by Crippen LogP contribution is -1.90. The van der Waals surface area contributed by atoms with Crippen LogP contribution in [0, 0.1) is 13.8 Å². The van der Waals surface area contributed by atoms with E-state index in [-0.39, 0.29) is 0 Å². The zero-order valence-electron chi connectivity index (χ0n) is 9.52. The first kappa shape index (κ1) is 10.8. The molecule has 1 aromatic rings. The van der Waals surface area contributed by atoms with E-state index < -0.39 is 0 Å². The van der Waals surface area contributed by atoms with Gasteiger partial charge in [0.1, 0.15) is 0 Å². The van der Waals surface area contributed by atoms with Gasteiger partial charge >= 0.3 is 0 Å². The summed E-state index contributed by atoms with van der Waals surface area (Å²) in [5.74, 6) is 0. The number of hydrogen-bond acceptors (Lipinski definition) is 0. The van der Waals surface area contributed by atoms with Crippen LogP contribution in [0.2, 0.25) is 0 Å². The van der Waals surface area contributed by atoms with Crippen molar-refractivity contribution in [1.82, 2.24) is 0 Å². The van der Waals surface area contributed by atoms with Crippen LogP contribution in [0.4, 0.5) is 0 Å². The van der Waals surface area contributed by atoms with Gasteiger partial charge in [-0.1, -0.05) is 42.0 Å². The minimum absolute atomic E-state index is 1.13. The Hall–Kier alpha value is -1.30. The summed E-state index contributed by atoms with van der Waals surface area (Å²) in [5.41, 5.74) is 6.30. The Labute approximate surface area is 87.0 Å². The predicted octanol–water partition coefficient (Wildman–Crippen LogP) is 4.28. The largest absolute Gasteiger partial charge is 0.0955 e. The van der Waals surface area contributed by atoms with Crippen LogP contribution in [0.5, 0.6) is 0 Å². The Bertz CT molecular complexity index is 381. The molecular weight excluding hydrogens is 168 g/mol. The van der Waals surface area contributed by atoms with Gasteiger partial charge in [0.2, 0.25) is 0 Å². The zero-order chi connectivity index (χ0) is 10.7. The van der Waals surface area contributed by atoms with Crippen molar-refractivity contribution in [3.8, 4) is 0 Å². The lowest BCUT2D eigenvalue weighted by Gasteiger charge is -2.11. The summed E-state index contributed by atoms with van der Waals surface area (Å²) >= 11 is 0. The van der Waals surface area contributed by atoms with Crippen LogP contribution in [0.3, 0.4) is 0 Å². The van der Waals surface area contributed by atoms with Crippen LogP contribution in [-0.4, -0.2) is 0 Å². The van der Waals surface area contributed by atoms with Crippen LogP contribution in [-0.2, 0) is 0 Å². The molecule has 0 heteroatoms. The average Bonchev–Trinajstić information content (AvgIpc) is 2.11. The molecule has 0 N–H and O–H groups in total. The Morgan fingerprint density at radius 3 is 2.43 bits per heavy atom. The first-order valence-corrected chi connectivity index (χ1v) is 4.96. The first-order valence-electron chi connectivity index (χ1n) is 4.96. The summed E-state index contributed by atoms with van der Waals surface area (Å²) in [6.45, 7) is 12.4. The van der Waals surface area contributed by atoms with Crippen molar-refractivity contribution in [2.45, 2.75) is 27.7 Å². The van der Waals surface area contributed by atoms with Gasteiger partial charge in [-0.2, -0.15) is 0 Å². The van der Waals surface area contributed by atoms with Gasteiger partial charge in [0.15, 0.2) is 0 Å². The smallest absolute Gasteiger partial charge is 0.0153 e. The number of allylic oxidation sites excluding steroid dienone is 3. The molecule has 0 fully saturated rings. The molecule has 0 nitrogen and oxygen atoms in total. The molecule has 0 bridgehead atoms. The molecular formula is C14H18. The van der Waals surface area contributed by atoms with Gasteiger partial charge in [-0.05, 0) is 44.4 Å². The van der Waals surface area contributed by atoms with Gasteiger partial charge in [0, 0.05) is 0 Å². The summed E-state index contributed by atoms with van der Waals surface area (Å²) in [4.78, 5) is 0. The molecule has 1 aromatic carbocycles. The predicted molar refractivity (Wildman–Crippen MR) is 64.4 cm³/mol. The molecule has 0 atom stereocenters. The molecule has 0 aromatic heterocycles. The van der Waals surface area contributed by atoms with Crippen molar-refractivity contribution in [2.24, 2.45) is 0 Å². The summed E-state index contributed by atoms with van der Waals surface area (Å²) in [7, 11) is 0. The standard InChI is InChI=1S/C14H18/c1-6-13(10(2)3)14-9-11(4)7-8-12(14)5/h6-9H,2H2,1,3-5H3. The second kappa shape index (κ2) is 4.28.